The minimum absolute atomic E-state index is 0.0422. The lowest BCUT2D eigenvalue weighted by Gasteiger charge is -2.07. The topological polar surface area (TPSA) is 35.5 Å². The number of methoxy groups -OCH3 is 1. The molecule has 1 aromatic carbocycles. The minimum Gasteiger partial charge on any atom is -0.492 e. The standard InChI is InChI=1S/C10H10ClFO3/c1-3-15-10(13)6-4-7(11)9(14-2)8(12)5-6/h4-5H,3H2,1-2H3. The first-order valence-corrected chi connectivity index (χ1v) is 4.68. The van der Waals surface area contributed by atoms with Crippen LogP contribution < -0.4 is 4.74 Å². The van der Waals surface area contributed by atoms with E-state index in [2.05, 4.69) is 0 Å². The average molecular weight is 233 g/mol. The fourth-order valence-corrected chi connectivity index (χ4v) is 1.37. The molecule has 0 bridgehead atoms. The third-order valence-electron chi connectivity index (χ3n) is 1.71. The second-order valence-corrected chi connectivity index (χ2v) is 3.10. The van der Waals surface area contributed by atoms with Gasteiger partial charge in [-0.3, -0.25) is 0 Å². The lowest BCUT2D eigenvalue weighted by atomic mass is 10.2. The summed E-state index contributed by atoms with van der Waals surface area (Å²) >= 11 is 5.71. The highest BCUT2D eigenvalue weighted by Crippen LogP contribution is 2.29. The molecule has 1 rings (SSSR count). The molecule has 0 unspecified atom stereocenters. The van der Waals surface area contributed by atoms with E-state index in [0.717, 1.165) is 6.07 Å². The van der Waals surface area contributed by atoms with Crippen molar-refractivity contribution in [3.63, 3.8) is 0 Å². The molecule has 0 atom stereocenters. The van der Waals surface area contributed by atoms with Crippen LogP contribution in [0.1, 0.15) is 17.3 Å². The smallest absolute Gasteiger partial charge is 0.338 e. The fraction of sp³-hybridized carbons (Fsp3) is 0.300. The van der Waals surface area contributed by atoms with Gasteiger partial charge in [-0.1, -0.05) is 11.6 Å². The first-order valence-electron chi connectivity index (χ1n) is 4.30. The summed E-state index contributed by atoms with van der Waals surface area (Å²) < 4.78 is 22.7. The van der Waals surface area contributed by atoms with Crippen molar-refractivity contribution < 1.29 is 18.7 Å². The zero-order chi connectivity index (χ0) is 11.4. The van der Waals surface area contributed by atoms with Crippen LogP contribution in [0.15, 0.2) is 12.1 Å². The number of carbonyl (C=O) groups excluding carboxylic acids is 1. The van der Waals surface area contributed by atoms with Gasteiger partial charge in [-0.2, -0.15) is 0 Å². The number of carbonyl (C=O) groups is 1. The lowest BCUT2D eigenvalue weighted by molar-refractivity contribution is 0.0525. The summed E-state index contributed by atoms with van der Waals surface area (Å²) in [7, 11) is 1.30. The zero-order valence-corrected chi connectivity index (χ0v) is 9.10. The van der Waals surface area contributed by atoms with Crippen molar-refractivity contribution in [3.05, 3.63) is 28.5 Å². The van der Waals surface area contributed by atoms with E-state index in [1.54, 1.807) is 6.92 Å². The van der Waals surface area contributed by atoms with Crippen LogP contribution in [0.3, 0.4) is 0 Å². The summed E-state index contributed by atoms with van der Waals surface area (Å²) in [4.78, 5) is 11.3. The number of hydrogen-bond acceptors (Lipinski definition) is 3. The number of esters is 1. The van der Waals surface area contributed by atoms with Crippen molar-refractivity contribution in [3.8, 4) is 5.75 Å². The molecule has 82 valence electrons. The van der Waals surface area contributed by atoms with Crippen LogP contribution >= 0.6 is 11.6 Å². The second-order valence-electron chi connectivity index (χ2n) is 2.69. The normalized spacial score (nSPS) is 9.87. The summed E-state index contributed by atoms with van der Waals surface area (Å²) in [6.07, 6.45) is 0. The highest BCUT2D eigenvalue weighted by molar-refractivity contribution is 6.32. The second kappa shape index (κ2) is 4.98. The van der Waals surface area contributed by atoms with Gasteiger partial charge in [-0.25, -0.2) is 9.18 Å². The monoisotopic (exact) mass is 232 g/mol. The average Bonchev–Trinajstić information content (AvgIpc) is 2.17. The van der Waals surface area contributed by atoms with Gasteiger partial charge >= 0.3 is 5.97 Å². The van der Waals surface area contributed by atoms with Gasteiger partial charge in [0.2, 0.25) is 0 Å². The first-order chi connectivity index (χ1) is 7.10. The zero-order valence-electron chi connectivity index (χ0n) is 8.34. The Kier molecular flexibility index (Phi) is 3.91. The molecule has 0 heterocycles. The van der Waals surface area contributed by atoms with Gasteiger partial charge in [-0.15, -0.1) is 0 Å². The molecule has 0 aliphatic carbocycles. The van der Waals surface area contributed by atoms with Crippen LogP contribution in [-0.2, 0) is 4.74 Å². The van der Waals surface area contributed by atoms with Crippen molar-refractivity contribution in [2.24, 2.45) is 0 Å². The van der Waals surface area contributed by atoms with Crippen LogP contribution in [0.5, 0.6) is 5.75 Å². The third kappa shape index (κ3) is 2.59. The van der Waals surface area contributed by atoms with E-state index < -0.39 is 11.8 Å². The predicted molar refractivity (Wildman–Crippen MR) is 53.9 cm³/mol. The molecule has 0 aromatic heterocycles. The van der Waals surface area contributed by atoms with Crippen molar-refractivity contribution in [1.82, 2.24) is 0 Å². The molecule has 0 amide bonds. The van der Waals surface area contributed by atoms with Crippen LogP contribution in [0.2, 0.25) is 5.02 Å². The van der Waals surface area contributed by atoms with Gasteiger partial charge in [0.15, 0.2) is 11.6 Å². The van der Waals surface area contributed by atoms with Gasteiger partial charge in [0, 0.05) is 0 Å². The van der Waals surface area contributed by atoms with Crippen molar-refractivity contribution >= 4 is 17.6 Å². The van der Waals surface area contributed by atoms with Crippen molar-refractivity contribution in [2.45, 2.75) is 6.92 Å². The van der Waals surface area contributed by atoms with Crippen LogP contribution in [0.4, 0.5) is 4.39 Å². The molecule has 5 heteroatoms. The van der Waals surface area contributed by atoms with E-state index in [-0.39, 0.29) is 22.9 Å². The Labute approximate surface area is 91.7 Å². The van der Waals surface area contributed by atoms with Gasteiger partial charge in [-0.05, 0) is 19.1 Å². The van der Waals surface area contributed by atoms with Crippen LogP contribution in [-0.4, -0.2) is 19.7 Å². The molecular weight excluding hydrogens is 223 g/mol. The number of ether oxygens (including phenoxy) is 2. The summed E-state index contributed by atoms with van der Waals surface area (Å²) in [6.45, 7) is 1.89. The Hall–Kier alpha value is -1.29. The molecule has 0 aliphatic heterocycles. The molecular formula is C10H10ClFO3. The lowest BCUT2D eigenvalue weighted by Crippen LogP contribution is -2.05. The van der Waals surface area contributed by atoms with Gasteiger partial charge in [0.05, 0.1) is 24.3 Å². The quantitative estimate of drug-likeness (QED) is 0.752. The third-order valence-corrected chi connectivity index (χ3v) is 1.99. The highest BCUT2D eigenvalue weighted by Gasteiger charge is 2.14. The molecule has 1 aromatic rings. The predicted octanol–water partition coefficient (Wildman–Crippen LogP) is 2.66. The number of benzene rings is 1. The Morgan fingerprint density at radius 3 is 2.67 bits per heavy atom. The Morgan fingerprint density at radius 2 is 2.20 bits per heavy atom. The molecule has 0 fully saturated rings. The molecule has 3 nitrogen and oxygen atoms in total. The summed E-state index contributed by atoms with van der Waals surface area (Å²) in [5.74, 6) is -1.38. The summed E-state index contributed by atoms with van der Waals surface area (Å²) in [6, 6.07) is 2.34. The first kappa shape index (κ1) is 11.8. The van der Waals surface area contributed by atoms with E-state index in [1.165, 1.54) is 13.2 Å². The maximum Gasteiger partial charge on any atom is 0.338 e. The van der Waals surface area contributed by atoms with Gasteiger partial charge in [0.25, 0.3) is 0 Å². The maximum absolute atomic E-state index is 13.3. The number of halogens is 2. The van der Waals surface area contributed by atoms with Gasteiger partial charge in [0.1, 0.15) is 0 Å². The van der Waals surface area contributed by atoms with E-state index in [9.17, 15) is 9.18 Å². The van der Waals surface area contributed by atoms with E-state index in [4.69, 9.17) is 21.1 Å². The number of hydrogen-bond donors (Lipinski definition) is 0. The highest BCUT2D eigenvalue weighted by atomic mass is 35.5. The van der Waals surface area contributed by atoms with Gasteiger partial charge < -0.3 is 9.47 Å². The molecule has 15 heavy (non-hydrogen) atoms. The number of rotatable bonds is 3. The SMILES string of the molecule is CCOC(=O)c1cc(F)c(OC)c(Cl)c1. The molecule has 0 aliphatic rings. The van der Waals surface area contributed by atoms with E-state index in [1.807, 2.05) is 0 Å². The Bertz CT molecular complexity index is 356. The van der Waals surface area contributed by atoms with E-state index >= 15 is 0 Å². The minimum atomic E-state index is -0.687. The van der Waals surface area contributed by atoms with Crippen LogP contribution in [0, 0.1) is 5.82 Å². The largest absolute Gasteiger partial charge is 0.492 e. The van der Waals surface area contributed by atoms with Crippen molar-refractivity contribution in [1.29, 1.82) is 0 Å². The molecule has 0 saturated carbocycles. The Morgan fingerprint density at radius 1 is 1.53 bits per heavy atom. The summed E-state index contributed by atoms with van der Waals surface area (Å²) in [5, 5.41) is 0.0422. The fourth-order valence-electron chi connectivity index (χ4n) is 1.09. The summed E-state index contributed by atoms with van der Waals surface area (Å²) in [5.41, 5.74) is 0.0696. The maximum atomic E-state index is 13.3. The van der Waals surface area contributed by atoms with Crippen molar-refractivity contribution in [2.75, 3.05) is 13.7 Å². The Balaban J connectivity index is 3.08. The van der Waals surface area contributed by atoms with Crippen LogP contribution in [0.25, 0.3) is 0 Å². The molecule has 0 spiro atoms. The van der Waals surface area contributed by atoms with E-state index in [0.29, 0.717) is 0 Å². The molecule has 0 saturated heterocycles. The molecule has 0 N–H and O–H groups in total. The molecule has 0 radical (unpaired) electrons.